The molecule has 1 saturated heterocycles. The number of aryl methyl sites for hydroxylation is 1. The van der Waals surface area contributed by atoms with Crippen LogP contribution in [-0.2, 0) is 0 Å². The maximum atomic E-state index is 4.62. The van der Waals surface area contributed by atoms with Crippen molar-refractivity contribution in [3.63, 3.8) is 0 Å². The van der Waals surface area contributed by atoms with E-state index >= 15 is 0 Å². The van der Waals surface area contributed by atoms with Crippen molar-refractivity contribution >= 4 is 5.82 Å². The molecule has 1 aromatic heterocycles. The number of nitrogens with one attached hydrogen (secondary N) is 1. The zero-order valence-corrected chi connectivity index (χ0v) is 11.9. The Labute approximate surface area is 111 Å². The highest BCUT2D eigenvalue weighted by molar-refractivity contribution is 5.39. The smallest absolute Gasteiger partial charge is 0.125 e. The molecule has 0 amide bonds. The van der Waals surface area contributed by atoms with Crippen LogP contribution >= 0.6 is 0 Å². The molecule has 0 aromatic carbocycles. The van der Waals surface area contributed by atoms with Crippen molar-refractivity contribution in [2.45, 2.75) is 45.6 Å². The van der Waals surface area contributed by atoms with Gasteiger partial charge in [0.15, 0.2) is 0 Å². The van der Waals surface area contributed by atoms with E-state index < -0.39 is 0 Å². The van der Waals surface area contributed by atoms with Crippen molar-refractivity contribution in [3.8, 4) is 0 Å². The fourth-order valence-corrected chi connectivity index (χ4v) is 2.96. The molecule has 3 heteroatoms. The first kappa shape index (κ1) is 13.3. The van der Waals surface area contributed by atoms with Gasteiger partial charge in [-0.05, 0) is 50.9 Å². The normalized spacial score (nSPS) is 20.9. The van der Waals surface area contributed by atoms with Crippen LogP contribution in [0.3, 0.4) is 0 Å². The highest BCUT2D eigenvalue weighted by atomic mass is 15.2. The van der Waals surface area contributed by atoms with Gasteiger partial charge in [0.2, 0.25) is 0 Å². The van der Waals surface area contributed by atoms with Crippen LogP contribution in [0.4, 0.5) is 5.82 Å². The summed E-state index contributed by atoms with van der Waals surface area (Å²) in [7, 11) is 1.92. The van der Waals surface area contributed by atoms with E-state index in [0.717, 1.165) is 5.82 Å². The van der Waals surface area contributed by atoms with Gasteiger partial charge in [-0.25, -0.2) is 4.98 Å². The minimum Gasteiger partial charge on any atom is -0.373 e. The van der Waals surface area contributed by atoms with E-state index in [1.165, 1.54) is 50.0 Å². The van der Waals surface area contributed by atoms with Crippen LogP contribution in [0, 0.1) is 6.92 Å². The minimum absolute atomic E-state index is 0.581. The number of likely N-dealkylation sites (tertiary alicyclic amines) is 1. The van der Waals surface area contributed by atoms with Crippen molar-refractivity contribution < 1.29 is 0 Å². The molecule has 2 heterocycles. The van der Waals surface area contributed by atoms with Crippen molar-refractivity contribution in [2.24, 2.45) is 0 Å². The van der Waals surface area contributed by atoms with Crippen LogP contribution < -0.4 is 5.32 Å². The van der Waals surface area contributed by atoms with Gasteiger partial charge in [0.25, 0.3) is 0 Å². The molecular formula is C15H25N3. The average Bonchev–Trinajstić information content (AvgIpc) is 2.40. The van der Waals surface area contributed by atoms with Crippen molar-refractivity contribution in [1.29, 1.82) is 0 Å². The molecular weight excluding hydrogens is 222 g/mol. The number of piperidine rings is 1. The standard InChI is InChI=1S/C15H25N3/c1-4-10-18-11-6-5-7-14(18)13-8-9-15(16-3)17-12(13)2/h8-9,14H,4-7,10-11H2,1-3H3,(H,16,17)/t14-/m1/s1. The topological polar surface area (TPSA) is 28.2 Å². The monoisotopic (exact) mass is 247 g/mol. The lowest BCUT2D eigenvalue weighted by Gasteiger charge is -2.36. The summed E-state index contributed by atoms with van der Waals surface area (Å²) >= 11 is 0. The van der Waals surface area contributed by atoms with Gasteiger partial charge < -0.3 is 5.32 Å². The first-order valence-electron chi connectivity index (χ1n) is 7.15. The number of nitrogens with zero attached hydrogens (tertiary/aromatic N) is 2. The summed E-state index contributed by atoms with van der Waals surface area (Å²) in [6.07, 6.45) is 5.20. The molecule has 1 aliphatic rings. The number of pyridine rings is 1. The van der Waals surface area contributed by atoms with Crippen molar-refractivity contribution in [3.05, 3.63) is 23.4 Å². The Bertz CT molecular complexity index is 387. The maximum Gasteiger partial charge on any atom is 0.125 e. The van der Waals surface area contributed by atoms with Gasteiger partial charge in [-0.2, -0.15) is 0 Å². The van der Waals surface area contributed by atoms with Gasteiger partial charge in [-0.3, -0.25) is 4.90 Å². The molecule has 18 heavy (non-hydrogen) atoms. The molecule has 0 bridgehead atoms. The van der Waals surface area contributed by atoms with Crippen molar-refractivity contribution in [1.82, 2.24) is 9.88 Å². The highest BCUT2D eigenvalue weighted by Crippen LogP contribution is 2.32. The van der Waals surface area contributed by atoms with Gasteiger partial charge in [-0.1, -0.05) is 19.4 Å². The Morgan fingerprint density at radius 3 is 2.89 bits per heavy atom. The Kier molecular flexibility index (Phi) is 4.59. The lowest BCUT2D eigenvalue weighted by molar-refractivity contribution is 0.148. The highest BCUT2D eigenvalue weighted by Gasteiger charge is 2.24. The molecule has 2 rings (SSSR count). The molecule has 3 nitrogen and oxygen atoms in total. The van der Waals surface area contributed by atoms with Crippen LogP contribution in [0.5, 0.6) is 0 Å². The molecule has 0 saturated carbocycles. The molecule has 0 unspecified atom stereocenters. The fraction of sp³-hybridized carbons (Fsp3) is 0.667. The summed E-state index contributed by atoms with van der Waals surface area (Å²) in [5.41, 5.74) is 2.59. The number of hydrogen-bond donors (Lipinski definition) is 1. The van der Waals surface area contributed by atoms with Crippen LogP contribution in [0.1, 0.15) is 49.9 Å². The van der Waals surface area contributed by atoms with Crippen LogP contribution in [-0.4, -0.2) is 30.0 Å². The molecule has 1 fully saturated rings. The number of anilines is 1. The summed E-state index contributed by atoms with van der Waals surface area (Å²) in [6.45, 7) is 6.85. The molecule has 1 aliphatic heterocycles. The molecule has 0 aliphatic carbocycles. The van der Waals surface area contributed by atoms with E-state index in [9.17, 15) is 0 Å². The van der Waals surface area contributed by atoms with Gasteiger partial charge >= 0.3 is 0 Å². The predicted molar refractivity (Wildman–Crippen MR) is 77.0 cm³/mol. The quantitative estimate of drug-likeness (QED) is 0.884. The number of aromatic nitrogens is 1. The van der Waals surface area contributed by atoms with Crippen LogP contribution in [0.15, 0.2) is 12.1 Å². The van der Waals surface area contributed by atoms with Crippen LogP contribution in [0.25, 0.3) is 0 Å². The van der Waals surface area contributed by atoms with Gasteiger partial charge in [0.05, 0.1) is 0 Å². The van der Waals surface area contributed by atoms with Gasteiger partial charge in [-0.15, -0.1) is 0 Å². The third kappa shape index (κ3) is 2.83. The van der Waals surface area contributed by atoms with Crippen molar-refractivity contribution in [2.75, 3.05) is 25.5 Å². The Morgan fingerprint density at radius 2 is 2.22 bits per heavy atom. The van der Waals surface area contributed by atoms with E-state index in [-0.39, 0.29) is 0 Å². The zero-order valence-electron chi connectivity index (χ0n) is 11.9. The summed E-state index contributed by atoms with van der Waals surface area (Å²) in [5.74, 6) is 0.967. The average molecular weight is 247 g/mol. The largest absolute Gasteiger partial charge is 0.373 e. The first-order chi connectivity index (χ1) is 8.76. The third-order valence-electron chi connectivity index (χ3n) is 3.87. The van der Waals surface area contributed by atoms with E-state index in [2.05, 4.69) is 41.2 Å². The second-order valence-electron chi connectivity index (χ2n) is 5.17. The molecule has 1 aromatic rings. The Balaban J connectivity index is 2.22. The summed E-state index contributed by atoms with van der Waals surface area (Å²) in [6, 6.07) is 4.94. The molecule has 1 N–H and O–H groups in total. The molecule has 100 valence electrons. The Hall–Kier alpha value is -1.09. The Morgan fingerprint density at radius 1 is 1.39 bits per heavy atom. The second-order valence-corrected chi connectivity index (χ2v) is 5.17. The second kappa shape index (κ2) is 6.19. The maximum absolute atomic E-state index is 4.62. The van der Waals surface area contributed by atoms with Gasteiger partial charge in [0, 0.05) is 18.8 Å². The summed E-state index contributed by atoms with van der Waals surface area (Å²) in [4.78, 5) is 7.26. The summed E-state index contributed by atoms with van der Waals surface area (Å²) < 4.78 is 0. The third-order valence-corrected chi connectivity index (χ3v) is 3.87. The SMILES string of the molecule is CCCN1CCCC[C@@H]1c1ccc(NC)nc1C. The van der Waals surface area contributed by atoms with E-state index in [1.54, 1.807) is 0 Å². The molecule has 0 radical (unpaired) electrons. The fourth-order valence-electron chi connectivity index (χ4n) is 2.96. The van der Waals surface area contributed by atoms with E-state index in [4.69, 9.17) is 0 Å². The van der Waals surface area contributed by atoms with E-state index in [0.29, 0.717) is 6.04 Å². The zero-order chi connectivity index (χ0) is 13.0. The first-order valence-corrected chi connectivity index (χ1v) is 7.15. The number of hydrogen-bond acceptors (Lipinski definition) is 3. The van der Waals surface area contributed by atoms with Gasteiger partial charge in [0.1, 0.15) is 5.82 Å². The minimum atomic E-state index is 0.581. The molecule has 0 spiro atoms. The lowest BCUT2D eigenvalue weighted by Crippen LogP contribution is -2.34. The summed E-state index contributed by atoms with van der Waals surface area (Å²) in [5, 5.41) is 3.11. The lowest BCUT2D eigenvalue weighted by atomic mass is 9.94. The molecule has 1 atom stereocenters. The van der Waals surface area contributed by atoms with E-state index in [1.807, 2.05) is 7.05 Å². The predicted octanol–water partition coefficient (Wildman–Crippen LogP) is 3.37. The number of rotatable bonds is 4. The van der Waals surface area contributed by atoms with Crippen LogP contribution in [0.2, 0.25) is 0 Å².